The summed E-state index contributed by atoms with van der Waals surface area (Å²) in [5.74, 6) is -0.356. The minimum absolute atomic E-state index is 0.0155. The van der Waals surface area contributed by atoms with Crippen LogP contribution in [0.4, 0.5) is 5.69 Å². The van der Waals surface area contributed by atoms with Crippen LogP contribution in [0.25, 0.3) is 0 Å². The number of aryl methyl sites for hydroxylation is 1. The van der Waals surface area contributed by atoms with Crippen molar-refractivity contribution in [3.63, 3.8) is 0 Å². The van der Waals surface area contributed by atoms with E-state index >= 15 is 0 Å². The van der Waals surface area contributed by atoms with Crippen molar-refractivity contribution in [1.82, 2.24) is 0 Å². The summed E-state index contributed by atoms with van der Waals surface area (Å²) < 4.78 is 4.81. The molecule has 0 saturated heterocycles. The molecule has 0 aliphatic carbocycles. The van der Waals surface area contributed by atoms with Crippen molar-refractivity contribution in [3.05, 3.63) is 27.8 Å². The van der Waals surface area contributed by atoms with Gasteiger partial charge < -0.3 is 9.73 Å². The van der Waals surface area contributed by atoms with Gasteiger partial charge in [0.05, 0.1) is 5.56 Å². The van der Waals surface area contributed by atoms with Gasteiger partial charge in [0, 0.05) is 6.92 Å². The normalized spacial score (nSPS) is 9.80. The van der Waals surface area contributed by atoms with Crippen molar-refractivity contribution >= 4 is 17.4 Å². The Kier molecular flexibility index (Phi) is 3.04. The number of carbonyl (C=O) groups excluding carboxylic acids is 2. The van der Waals surface area contributed by atoms with Gasteiger partial charge in [0.15, 0.2) is 5.78 Å². The molecule has 0 aromatic carbocycles. The number of hydrogen-bond acceptors (Lipinski definition) is 4. The maximum atomic E-state index is 11.3. The molecule has 15 heavy (non-hydrogen) atoms. The average Bonchev–Trinajstić information content (AvgIpc) is 2.08. The number of hydrogen-bond donors (Lipinski definition) is 1. The lowest BCUT2D eigenvalue weighted by molar-refractivity contribution is -0.114. The van der Waals surface area contributed by atoms with E-state index in [0.29, 0.717) is 5.56 Å². The lowest BCUT2D eigenvalue weighted by atomic mass is 10.1. The predicted octanol–water partition coefficient (Wildman–Crippen LogP) is 1.11. The fourth-order valence-corrected chi connectivity index (χ4v) is 1.18. The molecule has 0 atom stereocenters. The highest BCUT2D eigenvalue weighted by Gasteiger charge is 2.11. The van der Waals surface area contributed by atoms with Crippen LogP contribution in [0.2, 0.25) is 0 Å². The fraction of sp³-hybridized carbons (Fsp3) is 0.300. The maximum absolute atomic E-state index is 11.3. The van der Waals surface area contributed by atoms with E-state index in [1.165, 1.54) is 26.8 Å². The summed E-state index contributed by atoms with van der Waals surface area (Å²) >= 11 is 0. The van der Waals surface area contributed by atoms with Gasteiger partial charge in [-0.1, -0.05) is 0 Å². The fourth-order valence-electron chi connectivity index (χ4n) is 1.18. The second-order valence-electron chi connectivity index (χ2n) is 3.15. The molecule has 0 fully saturated rings. The number of rotatable bonds is 2. The molecule has 0 radical (unpaired) electrons. The standard InChI is InChI=1S/C10H11NO4/c1-5(12)8-4-9(11-7(3)13)10(14)15-6(8)2/h4H,1-3H3,(H,11,13). The van der Waals surface area contributed by atoms with E-state index in [-0.39, 0.29) is 23.1 Å². The monoisotopic (exact) mass is 209 g/mol. The molecule has 1 N–H and O–H groups in total. The number of nitrogens with one attached hydrogen (secondary N) is 1. The topological polar surface area (TPSA) is 76.4 Å². The summed E-state index contributed by atoms with van der Waals surface area (Å²) in [4.78, 5) is 33.2. The summed E-state index contributed by atoms with van der Waals surface area (Å²) in [7, 11) is 0. The molecule has 5 heteroatoms. The quantitative estimate of drug-likeness (QED) is 0.740. The number of ketones is 1. The van der Waals surface area contributed by atoms with Gasteiger partial charge in [-0.05, 0) is 19.9 Å². The Morgan fingerprint density at radius 3 is 2.40 bits per heavy atom. The SMILES string of the molecule is CC(=O)Nc1cc(C(C)=O)c(C)oc1=O. The van der Waals surface area contributed by atoms with E-state index < -0.39 is 5.63 Å². The van der Waals surface area contributed by atoms with Gasteiger partial charge in [-0.15, -0.1) is 0 Å². The molecular formula is C10H11NO4. The van der Waals surface area contributed by atoms with Crippen LogP contribution in [0.3, 0.4) is 0 Å². The van der Waals surface area contributed by atoms with E-state index in [0.717, 1.165) is 0 Å². The lowest BCUT2D eigenvalue weighted by Crippen LogP contribution is -2.16. The van der Waals surface area contributed by atoms with E-state index in [1.807, 2.05) is 0 Å². The first kappa shape index (κ1) is 11.2. The number of Topliss-reactive ketones (excluding diaryl/α,β-unsaturated/α-hetero) is 1. The summed E-state index contributed by atoms with van der Waals surface area (Å²) in [5, 5.41) is 2.30. The third kappa shape index (κ3) is 2.52. The molecule has 1 aromatic heterocycles. The lowest BCUT2D eigenvalue weighted by Gasteiger charge is -2.04. The molecule has 1 heterocycles. The second-order valence-corrected chi connectivity index (χ2v) is 3.15. The van der Waals surface area contributed by atoms with Crippen LogP contribution >= 0.6 is 0 Å². The molecule has 80 valence electrons. The summed E-state index contributed by atoms with van der Waals surface area (Å²) in [6.07, 6.45) is 0. The van der Waals surface area contributed by atoms with Crippen LogP contribution in [0, 0.1) is 6.92 Å². The van der Waals surface area contributed by atoms with E-state index in [2.05, 4.69) is 5.32 Å². The van der Waals surface area contributed by atoms with Crippen molar-refractivity contribution in [3.8, 4) is 0 Å². The zero-order valence-electron chi connectivity index (χ0n) is 8.71. The first-order valence-corrected chi connectivity index (χ1v) is 4.35. The van der Waals surface area contributed by atoms with Gasteiger partial charge in [0.25, 0.3) is 0 Å². The molecule has 1 rings (SSSR count). The number of anilines is 1. The zero-order chi connectivity index (χ0) is 11.6. The molecule has 0 saturated carbocycles. The molecule has 0 aliphatic heterocycles. The van der Waals surface area contributed by atoms with Crippen LogP contribution in [-0.2, 0) is 4.79 Å². The summed E-state index contributed by atoms with van der Waals surface area (Å²) in [6, 6.07) is 1.32. The highest BCUT2D eigenvalue weighted by atomic mass is 16.4. The van der Waals surface area contributed by atoms with Crippen molar-refractivity contribution < 1.29 is 14.0 Å². The minimum atomic E-state index is -0.660. The van der Waals surface area contributed by atoms with Crippen LogP contribution in [0.1, 0.15) is 30.0 Å². The molecule has 1 aromatic rings. The van der Waals surface area contributed by atoms with E-state index in [4.69, 9.17) is 4.42 Å². The average molecular weight is 209 g/mol. The van der Waals surface area contributed by atoms with Crippen LogP contribution in [-0.4, -0.2) is 11.7 Å². The van der Waals surface area contributed by atoms with Gasteiger partial charge in [-0.2, -0.15) is 0 Å². The summed E-state index contributed by atoms with van der Waals surface area (Å²) in [5.41, 5.74) is -0.385. The van der Waals surface area contributed by atoms with Gasteiger partial charge >= 0.3 is 5.63 Å². The van der Waals surface area contributed by atoms with Crippen LogP contribution in [0.15, 0.2) is 15.3 Å². The Morgan fingerprint density at radius 2 is 1.93 bits per heavy atom. The highest BCUT2D eigenvalue weighted by Crippen LogP contribution is 2.11. The molecule has 0 unspecified atom stereocenters. The number of carbonyl (C=O) groups is 2. The smallest absolute Gasteiger partial charge is 0.359 e. The third-order valence-electron chi connectivity index (χ3n) is 1.82. The Bertz CT molecular complexity index is 473. The van der Waals surface area contributed by atoms with Crippen LogP contribution < -0.4 is 10.9 Å². The second kappa shape index (κ2) is 4.08. The van der Waals surface area contributed by atoms with Gasteiger partial charge in [-0.25, -0.2) is 4.79 Å². The van der Waals surface area contributed by atoms with Crippen molar-refractivity contribution in [2.45, 2.75) is 20.8 Å². The van der Waals surface area contributed by atoms with E-state index in [1.54, 1.807) is 0 Å². The molecule has 5 nitrogen and oxygen atoms in total. The highest BCUT2D eigenvalue weighted by molar-refractivity contribution is 5.97. The van der Waals surface area contributed by atoms with Crippen molar-refractivity contribution in [2.75, 3.05) is 5.32 Å². The van der Waals surface area contributed by atoms with Crippen LogP contribution in [0.5, 0.6) is 0 Å². The van der Waals surface area contributed by atoms with Gasteiger partial charge in [-0.3, -0.25) is 9.59 Å². The Hall–Kier alpha value is -1.91. The predicted molar refractivity (Wildman–Crippen MR) is 54.0 cm³/mol. The van der Waals surface area contributed by atoms with Crippen molar-refractivity contribution in [1.29, 1.82) is 0 Å². The first-order chi connectivity index (χ1) is 6.91. The summed E-state index contributed by atoms with van der Waals surface area (Å²) in [6.45, 7) is 4.16. The Labute approximate surface area is 86.1 Å². The maximum Gasteiger partial charge on any atom is 0.359 e. The van der Waals surface area contributed by atoms with Crippen molar-refractivity contribution in [2.24, 2.45) is 0 Å². The Morgan fingerprint density at radius 1 is 1.33 bits per heavy atom. The van der Waals surface area contributed by atoms with E-state index in [9.17, 15) is 14.4 Å². The zero-order valence-corrected chi connectivity index (χ0v) is 8.71. The number of amides is 1. The third-order valence-corrected chi connectivity index (χ3v) is 1.82. The molecule has 1 amide bonds. The van der Waals surface area contributed by atoms with Gasteiger partial charge in [0.2, 0.25) is 5.91 Å². The molecule has 0 aliphatic rings. The molecular weight excluding hydrogens is 198 g/mol. The first-order valence-electron chi connectivity index (χ1n) is 4.35. The molecule has 0 bridgehead atoms. The largest absolute Gasteiger partial charge is 0.426 e. The Balaban J connectivity index is 3.29. The van der Waals surface area contributed by atoms with Gasteiger partial charge in [0.1, 0.15) is 11.4 Å². The minimum Gasteiger partial charge on any atom is -0.426 e. The molecule has 0 spiro atoms.